The van der Waals surface area contributed by atoms with Gasteiger partial charge in [0.25, 0.3) is 0 Å². The first-order valence-electron chi connectivity index (χ1n) is 4.80. The molecule has 3 heteroatoms. The van der Waals surface area contributed by atoms with Crippen LogP contribution in [-0.4, -0.2) is 11.0 Å². The second-order valence-corrected chi connectivity index (χ2v) is 4.62. The summed E-state index contributed by atoms with van der Waals surface area (Å²) in [5.74, 6) is 0. The molecule has 1 fully saturated rings. The van der Waals surface area contributed by atoms with Crippen LogP contribution in [0.3, 0.4) is 0 Å². The van der Waals surface area contributed by atoms with Crippen molar-refractivity contribution in [3.63, 3.8) is 0 Å². The molecule has 2 N–H and O–H groups in total. The summed E-state index contributed by atoms with van der Waals surface area (Å²) in [6.45, 7) is 0. The van der Waals surface area contributed by atoms with E-state index in [4.69, 9.17) is 5.73 Å². The summed E-state index contributed by atoms with van der Waals surface area (Å²) in [6.07, 6.45) is 7.24. The highest BCUT2D eigenvalue weighted by Crippen LogP contribution is 2.25. The smallest absolute Gasteiger partial charge is 0.0630 e. The molecule has 2 nitrogen and oxygen atoms in total. The van der Waals surface area contributed by atoms with E-state index >= 15 is 0 Å². The molecule has 0 spiro atoms. The van der Waals surface area contributed by atoms with E-state index in [1.165, 1.54) is 5.57 Å². The van der Waals surface area contributed by atoms with Crippen LogP contribution in [0.15, 0.2) is 28.4 Å². The molecule has 1 unspecified atom stereocenters. The van der Waals surface area contributed by atoms with Gasteiger partial charge in [0.15, 0.2) is 0 Å². The third-order valence-electron chi connectivity index (χ3n) is 2.46. The van der Waals surface area contributed by atoms with Gasteiger partial charge in [-0.3, -0.25) is 4.98 Å². The van der Waals surface area contributed by atoms with Gasteiger partial charge >= 0.3 is 0 Å². The van der Waals surface area contributed by atoms with Crippen molar-refractivity contribution in [3.05, 3.63) is 34.1 Å². The Hall–Kier alpha value is -0.670. The van der Waals surface area contributed by atoms with Crippen molar-refractivity contribution < 1.29 is 0 Å². The minimum atomic E-state index is 0.358. The highest BCUT2D eigenvalue weighted by atomic mass is 79.9. The van der Waals surface area contributed by atoms with Crippen molar-refractivity contribution in [2.24, 2.45) is 5.73 Å². The van der Waals surface area contributed by atoms with E-state index in [-0.39, 0.29) is 0 Å². The Bertz CT molecular complexity index is 343. The number of nitrogens with zero attached hydrogens (tertiary/aromatic N) is 1. The van der Waals surface area contributed by atoms with Crippen LogP contribution in [-0.2, 0) is 0 Å². The Labute approximate surface area is 92.4 Å². The molecule has 1 aromatic rings. The minimum absolute atomic E-state index is 0.358. The third kappa shape index (κ3) is 2.42. The lowest BCUT2D eigenvalue weighted by Gasteiger charge is -1.98. The highest BCUT2D eigenvalue weighted by molar-refractivity contribution is 9.10. The fraction of sp³-hybridized carbons (Fsp3) is 0.364. The van der Waals surface area contributed by atoms with Crippen molar-refractivity contribution in [1.29, 1.82) is 0 Å². The van der Waals surface area contributed by atoms with Crippen LogP contribution in [0.5, 0.6) is 0 Å². The quantitative estimate of drug-likeness (QED) is 0.835. The zero-order chi connectivity index (χ0) is 9.97. The van der Waals surface area contributed by atoms with Crippen LogP contribution >= 0.6 is 15.9 Å². The summed E-state index contributed by atoms with van der Waals surface area (Å²) in [4.78, 5) is 4.30. The first-order chi connectivity index (χ1) is 6.74. The molecular weight excluding hydrogens is 240 g/mol. The largest absolute Gasteiger partial charge is 0.327 e. The topological polar surface area (TPSA) is 38.9 Å². The second-order valence-electron chi connectivity index (χ2n) is 3.71. The number of hydrogen-bond acceptors (Lipinski definition) is 2. The molecule has 2 rings (SSSR count). The molecule has 0 aromatic carbocycles. The van der Waals surface area contributed by atoms with E-state index in [0.717, 1.165) is 29.4 Å². The van der Waals surface area contributed by atoms with Gasteiger partial charge in [0, 0.05) is 16.7 Å². The van der Waals surface area contributed by atoms with Crippen molar-refractivity contribution in [2.45, 2.75) is 25.3 Å². The highest BCUT2D eigenvalue weighted by Gasteiger charge is 2.14. The van der Waals surface area contributed by atoms with Crippen molar-refractivity contribution in [2.75, 3.05) is 0 Å². The van der Waals surface area contributed by atoms with Gasteiger partial charge in [-0.2, -0.15) is 0 Å². The lowest BCUT2D eigenvalue weighted by atomic mass is 10.2. The van der Waals surface area contributed by atoms with Crippen molar-refractivity contribution in [3.8, 4) is 0 Å². The van der Waals surface area contributed by atoms with E-state index in [1.807, 2.05) is 18.3 Å². The van der Waals surface area contributed by atoms with Gasteiger partial charge in [-0.15, -0.1) is 0 Å². The first-order valence-corrected chi connectivity index (χ1v) is 5.60. The lowest BCUT2D eigenvalue weighted by molar-refractivity contribution is 0.711. The summed E-state index contributed by atoms with van der Waals surface area (Å²) in [6, 6.07) is 4.38. The number of pyridine rings is 1. The SMILES string of the molecule is NC1CC/C(=C/c2ccc(Br)cn2)C1. The third-order valence-corrected chi connectivity index (χ3v) is 2.93. The van der Waals surface area contributed by atoms with Crippen molar-refractivity contribution in [1.82, 2.24) is 4.98 Å². The molecule has 1 aliphatic carbocycles. The Kier molecular flexibility index (Phi) is 2.99. The average Bonchev–Trinajstić information content (AvgIpc) is 2.56. The average molecular weight is 253 g/mol. The van der Waals surface area contributed by atoms with Crippen molar-refractivity contribution >= 4 is 22.0 Å². The van der Waals surface area contributed by atoms with Crippen LogP contribution in [0.2, 0.25) is 0 Å². The van der Waals surface area contributed by atoms with Crippen LogP contribution in [0.1, 0.15) is 25.0 Å². The molecule has 1 heterocycles. The maximum atomic E-state index is 5.83. The Balaban J connectivity index is 2.13. The van der Waals surface area contributed by atoms with Gasteiger partial charge in [-0.25, -0.2) is 0 Å². The predicted octanol–water partition coefficient (Wildman–Crippen LogP) is 2.74. The van der Waals surface area contributed by atoms with Crippen LogP contribution in [0.25, 0.3) is 6.08 Å². The van der Waals surface area contributed by atoms with E-state index in [1.54, 1.807) is 0 Å². The molecule has 1 aromatic heterocycles. The Morgan fingerprint density at radius 3 is 2.93 bits per heavy atom. The standard InChI is InChI=1S/C11H13BrN2/c12-9-2-4-11(14-7-9)6-8-1-3-10(13)5-8/h2,4,6-7,10H,1,3,5,13H2/b8-6-. The zero-order valence-corrected chi connectivity index (χ0v) is 9.50. The Morgan fingerprint density at radius 2 is 2.36 bits per heavy atom. The maximum absolute atomic E-state index is 5.83. The van der Waals surface area contributed by atoms with Gasteiger partial charge in [-0.05, 0) is 53.4 Å². The molecule has 1 aliphatic rings. The number of rotatable bonds is 1. The van der Waals surface area contributed by atoms with E-state index < -0.39 is 0 Å². The summed E-state index contributed by atoms with van der Waals surface area (Å²) in [5.41, 5.74) is 8.28. The second kappa shape index (κ2) is 4.24. The molecular formula is C11H13BrN2. The number of hydrogen-bond donors (Lipinski definition) is 1. The fourth-order valence-corrected chi connectivity index (χ4v) is 1.96. The first kappa shape index (κ1) is 9.87. The van der Waals surface area contributed by atoms with E-state index in [2.05, 4.69) is 27.0 Å². The maximum Gasteiger partial charge on any atom is 0.0630 e. The molecule has 14 heavy (non-hydrogen) atoms. The van der Waals surface area contributed by atoms with Gasteiger partial charge < -0.3 is 5.73 Å². The van der Waals surface area contributed by atoms with Crippen LogP contribution < -0.4 is 5.73 Å². The molecule has 0 aliphatic heterocycles. The minimum Gasteiger partial charge on any atom is -0.327 e. The number of halogens is 1. The molecule has 1 atom stereocenters. The molecule has 0 radical (unpaired) electrons. The number of aromatic nitrogens is 1. The van der Waals surface area contributed by atoms with E-state index in [9.17, 15) is 0 Å². The van der Waals surface area contributed by atoms with Crippen LogP contribution in [0, 0.1) is 0 Å². The Morgan fingerprint density at radius 1 is 1.50 bits per heavy atom. The summed E-state index contributed by atoms with van der Waals surface area (Å²) in [7, 11) is 0. The molecule has 74 valence electrons. The summed E-state index contributed by atoms with van der Waals surface area (Å²) >= 11 is 3.36. The predicted molar refractivity (Wildman–Crippen MR) is 61.7 cm³/mol. The molecule has 0 bridgehead atoms. The molecule has 1 saturated carbocycles. The lowest BCUT2D eigenvalue weighted by Crippen LogP contribution is -2.13. The molecule has 0 amide bonds. The van der Waals surface area contributed by atoms with Gasteiger partial charge in [0.2, 0.25) is 0 Å². The van der Waals surface area contributed by atoms with Gasteiger partial charge in [0.1, 0.15) is 0 Å². The van der Waals surface area contributed by atoms with Gasteiger partial charge in [0.05, 0.1) is 5.69 Å². The van der Waals surface area contributed by atoms with Crippen LogP contribution in [0.4, 0.5) is 0 Å². The summed E-state index contributed by atoms with van der Waals surface area (Å²) in [5, 5.41) is 0. The summed E-state index contributed by atoms with van der Waals surface area (Å²) < 4.78 is 1.02. The fourth-order valence-electron chi connectivity index (χ4n) is 1.72. The monoisotopic (exact) mass is 252 g/mol. The van der Waals surface area contributed by atoms with Gasteiger partial charge in [-0.1, -0.05) is 5.57 Å². The normalized spacial score (nSPS) is 24.4. The zero-order valence-electron chi connectivity index (χ0n) is 7.91. The number of nitrogens with two attached hydrogens (primary N) is 1. The van der Waals surface area contributed by atoms with E-state index in [0.29, 0.717) is 6.04 Å². The molecule has 0 saturated heterocycles.